The van der Waals surface area contributed by atoms with E-state index >= 15 is 0 Å². The van der Waals surface area contributed by atoms with Gasteiger partial charge in [-0.05, 0) is 84.1 Å². The number of aryl methyl sites for hydroxylation is 3. The van der Waals surface area contributed by atoms with Crippen LogP contribution in [0.2, 0.25) is 0 Å². The van der Waals surface area contributed by atoms with E-state index in [0.717, 1.165) is 30.5 Å². The molecule has 1 aromatic carbocycles. The molecule has 1 aliphatic rings. The zero-order chi connectivity index (χ0) is 27.6. The van der Waals surface area contributed by atoms with E-state index in [4.69, 9.17) is 10.5 Å². The predicted octanol–water partition coefficient (Wildman–Crippen LogP) is 3.95. The highest BCUT2D eigenvalue weighted by atomic mass is 16.6. The number of benzene rings is 1. The summed E-state index contributed by atoms with van der Waals surface area (Å²) in [5.74, 6) is -0.0287. The number of anilines is 1. The summed E-state index contributed by atoms with van der Waals surface area (Å²) in [6.45, 7) is 11.9. The van der Waals surface area contributed by atoms with Crippen molar-refractivity contribution in [1.82, 2.24) is 24.2 Å². The number of nitrogens with two attached hydrogens (primary N) is 1. The molecule has 38 heavy (non-hydrogen) atoms. The number of carbonyl (C=O) groups excluding carboxylic acids is 3. The van der Waals surface area contributed by atoms with Crippen molar-refractivity contribution < 1.29 is 19.1 Å². The second kappa shape index (κ2) is 10.8. The number of imidazole rings is 1. The van der Waals surface area contributed by atoms with Crippen LogP contribution in [0.4, 0.5) is 10.7 Å². The lowest BCUT2D eigenvalue weighted by Crippen LogP contribution is -2.41. The van der Waals surface area contributed by atoms with Gasteiger partial charge in [0.1, 0.15) is 11.3 Å². The molecule has 0 saturated carbocycles. The Balaban J connectivity index is 1.51. The number of hydrogen-bond acceptors (Lipinski definition) is 6. The van der Waals surface area contributed by atoms with Crippen LogP contribution >= 0.6 is 0 Å². The molecular weight excluding hydrogens is 486 g/mol. The van der Waals surface area contributed by atoms with Crippen molar-refractivity contribution in [2.24, 2.45) is 11.7 Å². The predicted molar refractivity (Wildman–Crippen MR) is 144 cm³/mol. The summed E-state index contributed by atoms with van der Waals surface area (Å²) in [4.78, 5) is 43.7. The van der Waals surface area contributed by atoms with E-state index in [1.165, 1.54) is 0 Å². The maximum atomic E-state index is 13.2. The Labute approximate surface area is 222 Å². The molecule has 3 heterocycles. The summed E-state index contributed by atoms with van der Waals surface area (Å²) in [5.41, 5.74) is 7.91. The fourth-order valence-electron chi connectivity index (χ4n) is 4.78. The molecule has 11 heteroatoms. The first-order valence-corrected chi connectivity index (χ1v) is 13.1. The summed E-state index contributed by atoms with van der Waals surface area (Å²) < 4.78 is 9.13. The number of likely N-dealkylation sites (tertiary alicyclic amines) is 1. The lowest BCUT2D eigenvalue weighted by molar-refractivity contribution is 0.0180. The van der Waals surface area contributed by atoms with Crippen molar-refractivity contribution in [3.8, 4) is 0 Å². The van der Waals surface area contributed by atoms with Gasteiger partial charge in [0.15, 0.2) is 0 Å². The van der Waals surface area contributed by atoms with Gasteiger partial charge in [0.25, 0.3) is 5.91 Å². The van der Waals surface area contributed by atoms with Gasteiger partial charge in [-0.15, -0.1) is 0 Å². The summed E-state index contributed by atoms with van der Waals surface area (Å²) in [6, 6.07) is 6.87. The number of nitrogens with zero attached hydrogens (tertiary/aromatic N) is 5. The molecule has 0 aliphatic carbocycles. The van der Waals surface area contributed by atoms with Crippen LogP contribution in [0.1, 0.15) is 73.5 Å². The maximum Gasteiger partial charge on any atom is 0.410 e. The third kappa shape index (κ3) is 6.15. The van der Waals surface area contributed by atoms with E-state index in [9.17, 15) is 14.4 Å². The van der Waals surface area contributed by atoms with Crippen molar-refractivity contribution in [1.29, 1.82) is 0 Å². The SMILES string of the molecule is CCn1nc(C)cc1C(=O)Nc1nc2cc(C(N)=O)ccc2n1CCC1CCN(C(=O)OC(C)(C)C)CC1. The van der Waals surface area contributed by atoms with Crippen molar-refractivity contribution in [2.45, 2.75) is 72.6 Å². The summed E-state index contributed by atoms with van der Waals surface area (Å²) in [6.07, 6.45) is 2.32. The molecule has 3 aromatic rings. The van der Waals surface area contributed by atoms with Crippen LogP contribution in [0.15, 0.2) is 24.3 Å². The van der Waals surface area contributed by atoms with Crippen LogP contribution in [0.5, 0.6) is 0 Å². The first-order chi connectivity index (χ1) is 17.9. The van der Waals surface area contributed by atoms with Crippen LogP contribution in [-0.2, 0) is 17.8 Å². The quantitative estimate of drug-likeness (QED) is 0.481. The molecule has 3 amide bonds. The first kappa shape index (κ1) is 27.2. The van der Waals surface area contributed by atoms with Gasteiger partial charge in [-0.2, -0.15) is 5.10 Å². The molecule has 1 fully saturated rings. The summed E-state index contributed by atoms with van der Waals surface area (Å²) >= 11 is 0. The van der Waals surface area contributed by atoms with Crippen LogP contribution < -0.4 is 11.1 Å². The van der Waals surface area contributed by atoms with Crippen LogP contribution in [0.25, 0.3) is 11.0 Å². The van der Waals surface area contributed by atoms with Crippen LogP contribution in [0.3, 0.4) is 0 Å². The topological polar surface area (TPSA) is 137 Å². The number of carbonyl (C=O) groups is 3. The number of hydrogen-bond donors (Lipinski definition) is 2. The average molecular weight is 524 g/mol. The van der Waals surface area contributed by atoms with Gasteiger partial charge >= 0.3 is 6.09 Å². The fraction of sp³-hybridized carbons (Fsp3) is 0.519. The Morgan fingerprint density at radius 1 is 1.16 bits per heavy atom. The van der Waals surface area contributed by atoms with Crippen LogP contribution in [0, 0.1) is 12.8 Å². The van der Waals surface area contributed by atoms with Gasteiger partial charge in [0.05, 0.1) is 16.7 Å². The van der Waals surface area contributed by atoms with Gasteiger partial charge in [-0.1, -0.05) is 0 Å². The Morgan fingerprint density at radius 3 is 2.50 bits per heavy atom. The molecule has 0 radical (unpaired) electrons. The van der Waals surface area contributed by atoms with E-state index in [1.807, 2.05) is 45.3 Å². The minimum Gasteiger partial charge on any atom is -0.444 e. The molecule has 1 saturated heterocycles. The molecule has 0 bridgehead atoms. The van der Waals surface area contributed by atoms with E-state index in [-0.39, 0.29) is 12.0 Å². The molecule has 204 valence electrons. The molecular formula is C27H37N7O4. The second-order valence-corrected chi connectivity index (χ2v) is 10.8. The van der Waals surface area contributed by atoms with E-state index in [1.54, 1.807) is 27.8 Å². The minimum absolute atomic E-state index is 0.270. The minimum atomic E-state index is -0.536. The number of ether oxygens (including phenoxy) is 1. The number of fused-ring (bicyclic) bond motifs is 1. The van der Waals surface area contributed by atoms with Crippen LogP contribution in [-0.4, -0.2) is 60.8 Å². The molecule has 0 unspecified atom stereocenters. The molecule has 4 rings (SSSR count). The second-order valence-electron chi connectivity index (χ2n) is 10.8. The smallest absolute Gasteiger partial charge is 0.410 e. The number of primary amides is 1. The van der Waals surface area contributed by atoms with Crippen molar-refractivity contribution in [3.05, 3.63) is 41.2 Å². The van der Waals surface area contributed by atoms with E-state index in [0.29, 0.717) is 54.8 Å². The normalized spacial score (nSPS) is 14.6. The van der Waals surface area contributed by atoms with Gasteiger partial charge in [-0.3, -0.25) is 19.6 Å². The highest BCUT2D eigenvalue weighted by Gasteiger charge is 2.27. The molecule has 11 nitrogen and oxygen atoms in total. The Hall–Kier alpha value is -3.89. The molecule has 2 aromatic heterocycles. The lowest BCUT2D eigenvalue weighted by Gasteiger charge is -2.33. The monoisotopic (exact) mass is 523 g/mol. The highest BCUT2D eigenvalue weighted by Crippen LogP contribution is 2.27. The van der Waals surface area contributed by atoms with E-state index in [2.05, 4.69) is 15.4 Å². The van der Waals surface area contributed by atoms with Gasteiger partial charge in [-0.25, -0.2) is 9.78 Å². The number of nitrogens with one attached hydrogen (secondary N) is 1. The fourth-order valence-corrected chi connectivity index (χ4v) is 4.78. The average Bonchev–Trinajstić information content (AvgIpc) is 3.40. The third-order valence-electron chi connectivity index (χ3n) is 6.72. The first-order valence-electron chi connectivity index (χ1n) is 13.1. The third-order valence-corrected chi connectivity index (χ3v) is 6.72. The standard InChI is InChI=1S/C27H37N7O4/c1-6-34-22(15-17(2)31-34)24(36)30-25-29-20-16-19(23(28)35)7-8-21(20)33(25)14-11-18-9-12-32(13-10-18)26(37)38-27(3,4)5/h7-8,15-16,18H,6,9-14H2,1-5H3,(H2,28,35)(H,29,30,36). The Bertz CT molecular complexity index is 1340. The molecule has 0 spiro atoms. The van der Waals surface area contributed by atoms with Crippen molar-refractivity contribution >= 4 is 34.9 Å². The van der Waals surface area contributed by atoms with E-state index < -0.39 is 11.5 Å². The zero-order valence-corrected chi connectivity index (χ0v) is 22.8. The number of piperidine rings is 1. The number of amides is 3. The van der Waals surface area contributed by atoms with Gasteiger partial charge in [0, 0.05) is 31.7 Å². The van der Waals surface area contributed by atoms with Gasteiger partial charge < -0.3 is 19.9 Å². The van der Waals surface area contributed by atoms with Crippen molar-refractivity contribution in [2.75, 3.05) is 18.4 Å². The molecule has 3 N–H and O–H groups in total. The largest absolute Gasteiger partial charge is 0.444 e. The Morgan fingerprint density at radius 2 is 1.87 bits per heavy atom. The molecule has 0 atom stereocenters. The molecule has 1 aliphatic heterocycles. The highest BCUT2D eigenvalue weighted by molar-refractivity contribution is 6.03. The lowest BCUT2D eigenvalue weighted by atomic mass is 9.93. The van der Waals surface area contributed by atoms with Crippen molar-refractivity contribution in [3.63, 3.8) is 0 Å². The summed E-state index contributed by atoms with van der Waals surface area (Å²) in [5, 5.41) is 7.31. The summed E-state index contributed by atoms with van der Waals surface area (Å²) in [7, 11) is 0. The number of aromatic nitrogens is 4. The zero-order valence-electron chi connectivity index (χ0n) is 22.8. The maximum absolute atomic E-state index is 13.2. The number of rotatable bonds is 7. The Kier molecular flexibility index (Phi) is 7.75. The van der Waals surface area contributed by atoms with Gasteiger partial charge in [0.2, 0.25) is 11.9 Å².